The minimum absolute atomic E-state index is 0.00734. The van der Waals surface area contributed by atoms with Gasteiger partial charge in [-0.05, 0) is 36.8 Å². The average molecular weight is 650 g/mol. The second-order valence-electron chi connectivity index (χ2n) is 10.9. The van der Waals surface area contributed by atoms with Crippen LogP contribution in [0.4, 0.5) is 24.8 Å². The molecule has 3 aromatic rings. The number of rotatable bonds is 10. The first-order valence-corrected chi connectivity index (χ1v) is 14.8. The minimum atomic E-state index is -4.70. The van der Waals surface area contributed by atoms with Gasteiger partial charge in [0.05, 0.1) is 34.5 Å². The number of likely N-dealkylation sites (tertiary alicyclic amines) is 1. The van der Waals surface area contributed by atoms with Crippen LogP contribution in [0, 0.1) is 0 Å². The maximum Gasteiger partial charge on any atom is 0.418 e. The molecule has 1 amide bonds. The van der Waals surface area contributed by atoms with E-state index in [4.69, 9.17) is 36.5 Å². The Morgan fingerprint density at radius 2 is 1.91 bits per heavy atom. The van der Waals surface area contributed by atoms with E-state index in [0.717, 1.165) is 25.1 Å². The van der Waals surface area contributed by atoms with Crippen LogP contribution in [0.2, 0.25) is 5.02 Å². The minimum Gasteiger partial charge on any atom is -0.462 e. The van der Waals surface area contributed by atoms with Gasteiger partial charge in [0, 0.05) is 70.5 Å². The van der Waals surface area contributed by atoms with Gasteiger partial charge in [-0.1, -0.05) is 18.2 Å². The van der Waals surface area contributed by atoms with Gasteiger partial charge in [-0.2, -0.15) is 23.1 Å². The number of ether oxygens (including phenoxy) is 3. The Hall–Kier alpha value is -3.72. The van der Waals surface area contributed by atoms with Gasteiger partial charge >= 0.3 is 12.2 Å². The van der Waals surface area contributed by atoms with E-state index < -0.39 is 17.4 Å². The van der Waals surface area contributed by atoms with Crippen LogP contribution in [0.1, 0.15) is 12.0 Å². The van der Waals surface area contributed by atoms with Crippen molar-refractivity contribution in [3.8, 4) is 17.3 Å². The lowest BCUT2D eigenvalue weighted by molar-refractivity contribution is -0.137. The number of methoxy groups -OCH3 is 2. The summed E-state index contributed by atoms with van der Waals surface area (Å²) in [6.45, 7) is 7.53. The number of piperazine rings is 1. The molecule has 0 spiro atoms. The highest BCUT2D eigenvalue weighted by Crippen LogP contribution is 2.41. The Bertz CT molecular complexity index is 1550. The molecule has 0 aliphatic carbocycles. The molecule has 2 aliphatic heterocycles. The Labute approximate surface area is 263 Å². The Morgan fingerprint density at radius 3 is 2.58 bits per heavy atom. The number of nitrogens with two attached hydrogens (primary N) is 1. The summed E-state index contributed by atoms with van der Waals surface area (Å²) in [4.78, 5) is 31.4. The Kier molecular flexibility index (Phi) is 9.97. The molecule has 2 saturated heterocycles. The number of halogens is 4. The maximum absolute atomic E-state index is 14.0. The van der Waals surface area contributed by atoms with Crippen molar-refractivity contribution in [1.29, 1.82) is 0 Å². The van der Waals surface area contributed by atoms with E-state index in [9.17, 15) is 18.0 Å². The fraction of sp³-hybridized carbons (Fsp3) is 0.467. The van der Waals surface area contributed by atoms with E-state index in [1.807, 2.05) is 4.90 Å². The standard InChI is InChI=1S/C30H35ClF3N7O4/c1-4-26(42)39-7-9-40(10-8-39)28-21-14-23(31)20(27-22(30(32,33)34)5-6-25(35)37-27)15-24(21)36-29(38-28)45-17-18-13-19(44-3)16-41(18)11-12-43-2/h4-6,14-15,18-19H,1,7-13,16-17H2,2-3H3,(H2,35,37). The van der Waals surface area contributed by atoms with Crippen molar-refractivity contribution in [2.24, 2.45) is 0 Å². The zero-order valence-electron chi connectivity index (χ0n) is 25.0. The fourth-order valence-electron chi connectivity index (χ4n) is 5.71. The Morgan fingerprint density at radius 1 is 1.16 bits per heavy atom. The molecular weight excluding hydrogens is 615 g/mol. The van der Waals surface area contributed by atoms with Gasteiger partial charge in [0.2, 0.25) is 5.91 Å². The maximum atomic E-state index is 14.0. The van der Waals surface area contributed by atoms with Crippen molar-refractivity contribution in [2.75, 3.05) is 77.3 Å². The SMILES string of the molecule is C=CC(=O)N1CCN(c2nc(OCC3CC(OC)CN3CCOC)nc3cc(-c4nc(N)ccc4C(F)(F)F)c(Cl)cc23)CC1. The van der Waals surface area contributed by atoms with Crippen molar-refractivity contribution in [3.05, 3.63) is 47.5 Å². The molecule has 11 nitrogen and oxygen atoms in total. The van der Waals surface area contributed by atoms with Crippen molar-refractivity contribution in [2.45, 2.75) is 24.7 Å². The van der Waals surface area contributed by atoms with Crippen LogP contribution >= 0.6 is 11.6 Å². The second kappa shape index (κ2) is 13.7. The lowest BCUT2D eigenvalue weighted by Crippen LogP contribution is -2.48. The van der Waals surface area contributed by atoms with Crippen LogP contribution in [0.5, 0.6) is 6.01 Å². The lowest BCUT2D eigenvalue weighted by Gasteiger charge is -2.35. The fourth-order valence-corrected chi connectivity index (χ4v) is 5.96. The third kappa shape index (κ3) is 7.24. The van der Waals surface area contributed by atoms with Crippen molar-refractivity contribution in [3.63, 3.8) is 0 Å². The molecule has 4 heterocycles. The summed E-state index contributed by atoms with van der Waals surface area (Å²) in [6.07, 6.45) is -2.65. The summed E-state index contributed by atoms with van der Waals surface area (Å²) in [5.74, 6) is 0.235. The summed E-state index contributed by atoms with van der Waals surface area (Å²) in [6, 6.07) is 5.02. The number of hydrogen-bond acceptors (Lipinski definition) is 10. The molecule has 2 unspecified atom stereocenters. The first kappa shape index (κ1) is 32.7. The number of carbonyl (C=O) groups excluding carboxylic acids is 1. The van der Waals surface area contributed by atoms with Crippen molar-refractivity contribution >= 4 is 40.0 Å². The first-order chi connectivity index (χ1) is 21.5. The van der Waals surface area contributed by atoms with Gasteiger partial charge in [0.25, 0.3) is 0 Å². The van der Waals surface area contributed by atoms with Crippen LogP contribution in [0.15, 0.2) is 36.9 Å². The Balaban J connectivity index is 1.54. The molecule has 45 heavy (non-hydrogen) atoms. The monoisotopic (exact) mass is 649 g/mol. The number of nitrogen functional groups attached to an aromatic ring is 1. The molecular formula is C30H35ClF3N7O4. The largest absolute Gasteiger partial charge is 0.462 e. The van der Waals surface area contributed by atoms with Crippen molar-refractivity contribution < 1.29 is 32.2 Å². The van der Waals surface area contributed by atoms with Gasteiger partial charge < -0.3 is 29.7 Å². The second-order valence-corrected chi connectivity index (χ2v) is 11.3. The third-order valence-electron chi connectivity index (χ3n) is 8.10. The number of alkyl halides is 3. The highest BCUT2D eigenvalue weighted by Gasteiger charge is 2.36. The molecule has 0 saturated carbocycles. The number of benzene rings is 1. The van der Waals surface area contributed by atoms with E-state index in [2.05, 4.69) is 21.4 Å². The van der Waals surface area contributed by atoms with Gasteiger partial charge in [-0.15, -0.1) is 0 Å². The van der Waals surface area contributed by atoms with E-state index >= 15 is 0 Å². The van der Waals surface area contributed by atoms with Crippen LogP contribution in [-0.2, 0) is 20.4 Å². The zero-order chi connectivity index (χ0) is 32.3. The van der Waals surface area contributed by atoms with E-state index in [0.29, 0.717) is 56.1 Å². The smallest absolute Gasteiger partial charge is 0.418 e. The summed E-state index contributed by atoms with van der Waals surface area (Å²) in [5, 5.41) is 0.537. The molecule has 0 radical (unpaired) electrons. The van der Waals surface area contributed by atoms with Crippen LogP contribution in [0.25, 0.3) is 22.2 Å². The third-order valence-corrected chi connectivity index (χ3v) is 8.41. The average Bonchev–Trinajstić information content (AvgIpc) is 3.43. The molecule has 2 aliphatic rings. The molecule has 5 rings (SSSR count). The van der Waals surface area contributed by atoms with E-state index in [1.165, 1.54) is 18.2 Å². The van der Waals surface area contributed by atoms with E-state index in [1.54, 1.807) is 19.1 Å². The quantitative estimate of drug-likeness (QED) is 0.324. The highest BCUT2D eigenvalue weighted by atomic mass is 35.5. The molecule has 242 valence electrons. The molecule has 1 aromatic carbocycles. The summed E-state index contributed by atoms with van der Waals surface area (Å²) >= 11 is 6.63. The van der Waals surface area contributed by atoms with Crippen LogP contribution in [-0.4, -0.2) is 110 Å². The predicted molar refractivity (Wildman–Crippen MR) is 164 cm³/mol. The normalized spacial score (nSPS) is 19.3. The molecule has 2 aromatic heterocycles. The number of fused-ring (bicyclic) bond motifs is 1. The number of aromatic nitrogens is 3. The molecule has 2 N–H and O–H groups in total. The summed E-state index contributed by atoms with van der Waals surface area (Å²) < 4.78 is 58.9. The number of pyridine rings is 1. The van der Waals surface area contributed by atoms with E-state index in [-0.39, 0.29) is 47.1 Å². The van der Waals surface area contributed by atoms with Gasteiger partial charge in [-0.3, -0.25) is 9.69 Å². The zero-order valence-corrected chi connectivity index (χ0v) is 25.8. The number of anilines is 2. The number of nitrogens with zero attached hydrogens (tertiary/aromatic N) is 6. The van der Waals surface area contributed by atoms with Gasteiger partial charge in [0.15, 0.2) is 0 Å². The number of hydrogen-bond donors (Lipinski definition) is 1. The molecule has 2 atom stereocenters. The molecule has 0 bridgehead atoms. The van der Waals surface area contributed by atoms with Gasteiger partial charge in [-0.25, -0.2) is 4.98 Å². The van der Waals surface area contributed by atoms with Crippen LogP contribution < -0.4 is 15.4 Å². The first-order valence-electron chi connectivity index (χ1n) is 14.4. The molecule has 2 fully saturated rings. The highest BCUT2D eigenvalue weighted by molar-refractivity contribution is 6.34. The summed E-state index contributed by atoms with van der Waals surface area (Å²) in [7, 11) is 3.32. The van der Waals surface area contributed by atoms with Crippen molar-refractivity contribution in [1.82, 2.24) is 24.8 Å². The molecule has 15 heteroatoms. The number of carbonyl (C=O) groups is 1. The topological polar surface area (TPSA) is 119 Å². The van der Waals surface area contributed by atoms with Gasteiger partial charge in [0.1, 0.15) is 18.2 Å². The predicted octanol–water partition coefficient (Wildman–Crippen LogP) is 3.90. The lowest BCUT2D eigenvalue weighted by atomic mass is 10.0. The summed E-state index contributed by atoms with van der Waals surface area (Å²) in [5.41, 5.74) is 4.74. The number of amides is 1. The van der Waals surface area contributed by atoms with Crippen LogP contribution in [0.3, 0.4) is 0 Å².